The molecule has 0 atom stereocenters. The van der Waals surface area contributed by atoms with Gasteiger partial charge in [0.05, 0.1) is 11.1 Å². The fourth-order valence-corrected chi connectivity index (χ4v) is 1.50. The molecule has 0 bridgehead atoms. The van der Waals surface area contributed by atoms with Crippen molar-refractivity contribution in [1.82, 2.24) is 5.32 Å². The second-order valence-corrected chi connectivity index (χ2v) is 3.39. The second-order valence-electron chi connectivity index (χ2n) is 2.47. The average molecular weight is 250 g/mol. The van der Waals surface area contributed by atoms with E-state index in [2.05, 4.69) is 21.2 Å². The Morgan fingerprint density at radius 1 is 1.15 bits per heavy atom. The molecule has 3 nitrogen and oxygen atoms in total. The Morgan fingerprint density at radius 3 is 2.46 bits per heavy atom. The van der Waals surface area contributed by atoms with Gasteiger partial charge < -0.3 is 1.43 Å². The number of nitrogens with one attached hydrogen (secondary N) is 1. The van der Waals surface area contributed by atoms with E-state index in [1.165, 1.54) is 0 Å². The third-order valence-corrected chi connectivity index (χ3v) is 2.19. The zero-order valence-electron chi connectivity index (χ0n) is 7.93. The van der Waals surface area contributed by atoms with Crippen molar-refractivity contribution in [1.29, 1.82) is 0 Å². The van der Waals surface area contributed by atoms with Crippen LogP contribution in [0.4, 0.5) is 0 Å². The maximum Gasteiger partial charge on any atom is 1.00 e. The molecule has 0 aliphatic carbocycles. The van der Waals surface area contributed by atoms with Gasteiger partial charge in [0.1, 0.15) is 0 Å². The van der Waals surface area contributed by atoms with Gasteiger partial charge in [-0.25, -0.2) is 0 Å². The normalized spacial score (nSPS) is 13.3. The van der Waals surface area contributed by atoms with Crippen molar-refractivity contribution in [2.45, 2.75) is 0 Å². The van der Waals surface area contributed by atoms with E-state index in [0.717, 1.165) is 4.47 Å². The van der Waals surface area contributed by atoms with E-state index in [1.54, 1.807) is 18.2 Å². The zero-order valence-corrected chi connectivity index (χ0v) is 10.5. The number of halogens is 1. The minimum Gasteiger partial charge on any atom is -1.00 e. The molecule has 2 amide bonds. The van der Waals surface area contributed by atoms with Crippen LogP contribution in [0.3, 0.4) is 0 Å². The summed E-state index contributed by atoms with van der Waals surface area (Å²) in [4.78, 5) is 22.1. The predicted octanol–water partition coefficient (Wildman–Crippen LogP) is -1.55. The van der Waals surface area contributed by atoms with Crippen molar-refractivity contribution in [3.63, 3.8) is 0 Å². The second kappa shape index (κ2) is 3.92. The molecule has 13 heavy (non-hydrogen) atoms. The van der Waals surface area contributed by atoms with Crippen LogP contribution in [0.15, 0.2) is 22.7 Å². The van der Waals surface area contributed by atoms with Gasteiger partial charge in [-0.1, -0.05) is 15.9 Å². The van der Waals surface area contributed by atoms with Crippen molar-refractivity contribution >= 4 is 27.7 Å². The Balaban J connectivity index is 0.000000845. The molecule has 0 saturated carbocycles. The number of rotatable bonds is 0. The summed E-state index contributed by atoms with van der Waals surface area (Å²) in [7, 11) is 0. The van der Waals surface area contributed by atoms with Crippen molar-refractivity contribution in [3.05, 3.63) is 33.8 Å². The third kappa shape index (κ3) is 1.86. The van der Waals surface area contributed by atoms with Crippen LogP contribution in [0, 0.1) is 0 Å². The van der Waals surface area contributed by atoms with Gasteiger partial charge in [0.2, 0.25) is 0 Å². The number of imide groups is 1. The van der Waals surface area contributed by atoms with Crippen molar-refractivity contribution < 1.29 is 40.6 Å². The van der Waals surface area contributed by atoms with Crippen LogP contribution in [0.2, 0.25) is 0 Å². The zero-order chi connectivity index (χ0) is 8.72. The summed E-state index contributed by atoms with van der Waals surface area (Å²) in [6.45, 7) is 0. The Bertz CT molecular complexity index is 397. The first-order valence-corrected chi connectivity index (χ1v) is 4.13. The van der Waals surface area contributed by atoms with E-state index in [9.17, 15) is 9.59 Å². The Kier molecular flexibility index (Phi) is 3.29. The van der Waals surface area contributed by atoms with Gasteiger partial charge in [0.25, 0.3) is 11.8 Å². The monoisotopic (exact) mass is 249 g/mol. The van der Waals surface area contributed by atoms with E-state index in [-0.39, 0.29) is 42.8 Å². The molecule has 2 rings (SSSR count). The van der Waals surface area contributed by atoms with E-state index in [1.807, 2.05) is 0 Å². The molecule has 0 radical (unpaired) electrons. The number of amides is 2. The van der Waals surface area contributed by atoms with Gasteiger partial charge in [-0.3, -0.25) is 14.9 Å². The topological polar surface area (TPSA) is 46.2 Å². The molecule has 62 valence electrons. The summed E-state index contributed by atoms with van der Waals surface area (Å²) in [5.41, 5.74) is 0.887. The van der Waals surface area contributed by atoms with E-state index >= 15 is 0 Å². The molecule has 1 aromatic carbocycles. The number of carbonyl (C=O) groups excluding carboxylic acids is 2. The number of hydrogen-bond donors (Lipinski definition) is 1. The molecule has 1 heterocycles. The molecule has 0 spiro atoms. The molecule has 1 N–H and O–H groups in total. The summed E-state index contributed by atoms with van der Waals surface area (Å²) >= 11 is 3.22. The van der Waals surface area contributed by atoms with Gasteiger partial charge in [0.15, 0.2) is 0 Å². The minimum atomic E-state index is -0.323. The van der Waals surface area contributed by atoms with Crippen molar-refractivity contribution in [2.24, 2.45) is 0 Å². The summed E-state index contributed by atoms with van der Waals surface area (Å²) in [6, 6.07) is 4.99. The fraction of sp³-hybridized carbons (Fsp3) is 0. The van der Waals surface area contributed by atoms with Gasteiger partial charge >= 0.3 is 29.6 Å². The van der Waals surface area contributed by atoms with Gasteiger partial charge in [-0.15, -0.1) is 0 Å². The van der Waals surface area contributed by atoms with Crippen molar-refractivity contribution in [2.75, 3.05) is 0 Å². The first kappa shape index (κ1) is 10.9. The largest absolute Gasteiger partial charge is 1.00 e. The van der Waals surface area contributed by atoms with Crippen LogP contribution in [-0.4, -0.2) is 11.8 Å². The number of fused-ring (bicyclic) bond motifs is 1. The SMILES string of the molecule is O=C1NC(=O)c2cc(Br)ccc21.[H-].[Na+]. The molecule has 0 fully saturated rings. The van der Waals surface area contributed by atoms with Crippen LogP contribution in [-0.2, 0) is 0 Å². The van der Waals surface area contributed by atoms with Crippen LogP contribution >= 0.6 is 15.9 Å². The minimum absolute atomic E-state index is 0. The first-order chi connectivity index (χ1) is 5.68. The molecule has 1 aromatic rings. The number of benzene rings is 1. The summed E-state index contributed by atoms with van der Waals surface area (Å²) < 4.78 is 0.797. The summed E-state index contributed by atoms with van der Waals surface area (Å²) in [5, 5.41) is 2.21. The first-order valence-electron chi connectivity index (χ1n) is 3.34. The molecule has 0 saturated heterocycles. The maximum atomic E-state index is 11.1. The van der Waals surface area contributed by atoms with E-state index in [4.69, 9.17) is 0 Å². The average Bonchev–Trinajstić information content (AvgIpc) is 2.28. The quantitative estimate of drug-likeness (QED) is 0.447. The maximum absolute atomic E-state index is 11.1. The molecule has 0 unspecified atom stereocenters. The van der Waals surface area contributed by atoms with Gasteiger partial charge in [-0.05, 0) is 18.2 Å². The Hall–Kier alpha value is -0.160. The van der Waals surface area contributed by atoms with Crippen LogP contribution in [0.1, 0.15) is 22.1 Å². The molecule has 0 aromatic heterocycles. The summed E-state index contributed by atoms with van der Waals surface area (Å²) in [5.74, 6) is -0.640. The number of carbonyl (C=O) groups is 2. The molecular formula is C8H5BrNNaO2. The van der Waals surface area contributed by atoms with Crippen LogP contribution in [0.5, 0.6) is 0 Å². The third-order valence-electron chi connectivity index (χ3n) is 1.70. The Labute approximate surface area is 107 Å². The Morgan fingerprint density at radius 2 is 1.77 bits per heavy atom. The van der Waals surface area contributed by atoms with Gasteiger partial charge in [0, 0.05) is 4.47 Å². The van der Waals surface area contributed by atoms with Crippen LogP contribution < -0.4 is 34.9 Å². The molecule has 1 aliphatic rings. The predicted molar refractivity (Wildman–Crippen MR) is 47.1 cm³/mol. The number of hydrogen-bond acceptors (Lipinski definition) is 2. The van der Waals surface area contributed by atoms with E-state index < -0.39 is 0 Å². The fourth-order valence-electron chi connectivity index (χ4n) is 1.14. The standard InChI is InChI=1S/C8H4BrNO2.Na.H/c9-4-1-2-5-6(3-4)8(12)10-7(5)11;;/h1-3H,(H,10,11,12);;/q;+1;-1. The van der Waals surface area contributed by atoms with Crippen LogP contribution in [0.25, 0.3) is 0 Å². The smallest absolute Gasteiger partial charge is 1.00 e. The summed E-state index contributed by atoms with van der Waals surface area (Å²) in [6.07, 6.45) is 0. The van der Waals surface area contributed by atoms with Gasteiger partial charge in [-0.2, -0.15) is 0 Å². The molecular weight excluding hydrogens is 245 g/mol. The van der Waals surface area contributed by atoms with E-state index in [0.29, 0.717) is 11.1 Å². The molecule has 5 heteroatoms. The molecule has 1 aliphatic heterocycles. The van der Waals surface area contributed by atoms with Crippen molar-refractivity contribution in [3.8, 4) is 0 Å².